The zero-order chi connectivity index (χ0) is 12.8. The summed E-state index contributed by atoms with van der Waals surface area (Å²) in [7, 11) is 0. The lowest BCUT2D eigenvalue weighted by Crippen LogP contribution is -2.39. The first kappa shape index (κ1) is 14.3. The Hall–Kier alpha value is -0.0800. The van der Waals surface area contributed by atoms with Gasteiger partial charge in [0.1, 0.15) is 0 Å². The van der Waals surface area contributed by atoms with Gasteiger partial charge < -0.3 is 10.6 Å². The highest BCUT2D eigenvalue weighted by molar-refractivity contribution is 4.79. The van der Waals surface area contributed by atoms with Crippen LogP contribution in [0.15, 0.2) is 0 Å². The molecule has 2 heteroatoms. The summed E-state index contributed by atoms with van der Waals surface area (Å²) in [6.45, 7) is 8.67. The number of piperidine rings is 2. The van der Waals surface area contributed by atoms with Crippen LogP contribution in [0.3, 0.4) is 0 Å². The zero-order valence-electron chi connectivity index (χ0n) is 12.4. The van der Waals surface area contributed by atoms with Gasteiger partial charge in [-0.15, -0.1) is 0 Å². The summed E-state index contributed by atoms with van der Waals surface area (Å²) in [6.07, 6.45) is 9.89. The minimum Gasteiger partial charge on any atom is -0.316 e. The van der Waals surface area contributed by atoms with Gasteiger partial charge >= 0.3 is 0 Å². The quantitative estimate of drug-likeness (QED) is 0.785. The third-order valence-corrected chi connectivity index (χ3v) is 5.25. The molecule has 2 aliphatic heterocycles. The second-order valence-corrected chi connectivity index (χ2v) is 6.69. The van der Waals surface area contributed by atoms with Crippen molar-refractivity contribution in [3.8, 4) is 0 Å². The Morgan fingerprint density at radius 3 is 2.44 bits per heavy atom. The molecule has 18 heavy (non-hydrogen) atoms. The molecule has 2 saturated heterocycles. The summed E-state index contributed by atoms with van der Waals surface area (Å²) in [5.41, 5.74) is 0. The molecule has 4 atom stereocenters. The first-order chi connectivity index (χ1) is 8.77. The van der Waals surface area contributed by atoms with E-state index >= 15 is 0 Å². The molecule has 0 radical (unpaired) electrons. The van der Waals surface area contributed by atoms with Crippen LogP contribution in [0.25, 0.3) is 0 Å². The van der Waals surface area contributed by atoms with Crippen molar-refractivity contribution >= 4 is 0 Å². The van der Waals surface area contributed by atoms with E-state index in [4.69, 9.17) is 0 Å². The number of nitrogens with one attached hydrogen (secondary N) is 2. The predicted octanol–water partition coefficient (Wildman–Crippen LogP) is 3.18. The molecule has 2 fully saturated rings. The molecule has 0 amide bonds. The number of hydrogen-bond acceptors (Lipinski definition) is 2. The molecule has 0 saturated carbocycles. The van der Waals surface area contributed by atoms with Crippen molar-refractivity contribution in [2.24, 2.45) is 17.8 Å². The first-order valence-corrected chi connectivity index (χ1v) is 8.21. The molecule has 106 valence electrons. The Bertz CT molecular complexity index is 193. The second kappa shape index (κ2) is 7.49. The molecule has 0 spiro atoms. The summed E-state index contributed by atoms with van der Waals surface area (Å²) in [5, 5.41) is 7.26. The Balaban J connectivity index is 1.66. The molecular formula is C16H32N2. The maximum absolute atomic E-state index is 3.71. The fraction of sp³-hybridized carbons (Fsp3) is 1.00. The van der Waals surface area contributed by atoms with Crippen LogP contribution in [0.1, 0.15) is 58.8 Å². The monoisotopic (exact) mass is 252 g/mol. The van der Waals surface area contributed by atoms with E-state index in [1.807, 2.05) is 0 Å². The van der Waals surface area contributed by atoms with Crippen molar-refractivity contribution in [3.05, 3.63) is 0 Å². The fourth-order valence-corrected chi connectivity index (χ4v) is 3.69. The van der Waals surface area contributed by atoms with E-state index in [-0.39, 0.29) is 0 Å². The van der Waals surface area contributed by atoms with Crippen LogP contribution in [0, 0.1) is 17.8 Å². The third kappa shape index (κ3) is 4.24. The van der Waals surface area contributed by atoms with Gasteiger partial charge in [-0.25, -0.2) is 0 Å². The molecule has 0 aromatic heterocycles. The predicted molar refractivity (Wildman–Crippen MR) is 78.8 cm³/mol. The van der Waals surface area contributed by atoms with Crippen LogP contribution in [-0.2, 0) is 0 Å². The van der Waals surface area contributed by atoms with Gasteiger partial charge in [0.25, 0.3) is 0 Å². The van der Waals surface area contributed by atoms with E-state index in [2.05, 4.69) is 24.5 Å². The fourth-order valence-electron chi connectivity index (χ4n) is 3.69. The van der Waals surface area contributed by atoms with E-state index < -0.39 is 0 Å². The van der Waals surface area contributed by atoms with E-state index in [1.165, 1.54) is 64.6 Å². The van der Waals surface area contributed by atoms with E-state index in [9.17, 15) is 0 Å². The highest BCUT2D eigenvalue weighted by Crippen LogP contribution is 2.27. The highest BCUT2D eigenvalue weighted by Gasteiger charge is 2.23. The SMILES string of the molecule is CC(CCC(C)[C@@H]1CCCCN1)[C@@H]1CCCNC1. The molecule has 2 heterocycles. The Morgan fingerprint density at radius 1 is 0.944 bits per heavy atom. The van der Waals surface area contributed by atoms with Crippen molar-refractivity contribution in [2.45, 2.75) is 64.8 Å². The maximum atomic E-state index is 3.71. The van der Waals surface area contributed by atoms with Crippen molar-refractivity contribution in [2.75, 3.05) is 19.6 Å². The van der Waals surface area contributed by atoms with E-state index in [0.29, 0.717) is 0 Å². The van der Waals surface area contributed by atoms with Gasteiger partial charge in [-0.2, -0.15) is 0 Å². The summed E-state index contributed by atoms with van der Waals surface area (Å²) in [6, 6.07) is 0.801. The molecular weight excluding hydrogens is 220 g/mol. The molecule has 2 nitrogen and oxygen atoms in total. The zero-order valence-corrected chi connectivity index (χ0v) is 12.4. The third-order valence-electron chi connectivity index (χ3n) is 5.25. The largest absolute Gasteiger partial charge is 0.316 e. The molecule has 0 aliphatic carbocycles. The van der Waals surface area contributed by atoms with Gasteiger partial charge in [-0.1, -0.05) is 26.7 Å². The van der Waals surface area contributed by atoms with Gasteiger partial charge in [-0.05, 0) is 69.5 Å². The van der Waals surface area contributed by atoms with E-state index in [0.717, 1.165) is 23.8 Å². The minimum absolute atomic E-state index is 0.801. The van der Waals surface area contributed by atoms with Gasteiger partial charge in [-0.3, -0.25) is 0 Å². The molecule has 0 aromatic carbocycles. The van der Waals surface area contributed by atoms with Crippen LogP contribution in [-0.4, -0.2) is 25.7 Å². The van der Waals surface area contributed by atoms with Gasteiger partial charge in [0.15, 0.2) is 0 Å². The molecule has 2 rings (SSSR count). The molecule has 2 aliphatic rings. The smallest absolute Gasteiger partial charge is 0.00926 e. The Kier molecular flexibility index (Phi) is 5.97. The normalized spacial score (nSPS) is 33.0. The second-order valence-electron chi connectivity index (χ2n) is 6.69. The lowest BCUT2D eigenvalue weighted by atomic mass is 9.81. The maximum Gasteiger partial charge on any atom is 0.00926 e. The summed E-state index contributed by atoms with van der Waals surface area (Å²) in [4.78, 5) is 0. The highest BCUT2D eigenvalue weighted by atomic mass is 14.9. The Morgan fingerprint density at radius 2 is 1.78 bits per heavy atom. The summed E-state index contributed by atoms with van der Waals surface area (Å²) in [5.74, 6) is 2.71. The van der Waals surface area contributed by atoms with Crippen LogP contribution >= 0.6 is 0 Å². The topological polar surface area (TPSA) is 24.1 Å². The molecule has 2 unspecified atom stereocenters. The van der Waals surface area contributed by atoms with Crippen LogP contribution in [0.4, 0.5) is 0 Å². The average Bonchev–Trinajstić information content (AvgIpc) is 2.46. The molecule has 0 aromatic rings. The van der Waals surface area contributed by atoms with Crippen molar-refractivity contribution in [1.29, 1.82) is 0 Å². The van der Waals surface area contributed by atoms with Gasteiger partial charge in [0.2, 0.25) is 0 Å². The van der Waals surface area contributed by atoms with Crippen molar-refractivity contribution in [3.63, 3.8) is 0 Å². The summed E-state index contributed by atoms with van der Waals surface area (Å²) < 4.78 is 0. The van der Waals surface area contributed by atoms with Crippen molar-refractivity contribution in [1.82, 2.24) is 10.6 Å². The van der Waals surface area contributed by atoms with Gasteiger partial charge in [0.05, 0.1) is 0 Å². The van der Waals surface area contributed by atoms with E-state index in [1.54, 1.807) is 0 Å². The lowest BCUT2D eigenvalue weighted by molar-refractivity contribution is 0.233. The lowest BCUT2D eigenvalue weighted by Gasteiger charge is -2.32. The average molecular weight is 252 g/mol. The first-order valence-electron chi connectivity index (χ1n) is 8.21. The van der Waals surface area contributed by atoms with Crippen molar-refractivity contribution < 1.29 is 0 Å². The van der Waals surface area contributed by atoms with Crippen LogP contribution in [0.5, 0.6) is 0 Å². The number of rotatable bonds is 5. The minimum atomic E-state index is 0.801. The molecule has 2 N–H and O–H groups in total. The Labute approximate surface area is 113 Å². The summed E-state index contributed by atoms with van der Waals surface area (Å²) >= 11 is 0. The molecule has 0 bridgehead atoms. The van der Waals surface area contributed by atoms with Gasteiger partial charge in [0, 0.05) is 6.04 Å². The van der Waals surface area contributed by atoms with Crippen LogP contribution < -0.4 is 10.6 Å². The van der Waals surface area contributed by atoms with Crippen LogP contribution in [0.2, 0.25) is 0 Å². The number of hydrogen-bond donors (Lipinski definition) is 2. The standard InChI is InChI=1S/C16H32N2/c1-13(15-6-5-10-17-12-15)8-9-14(2)16-7-3-4-11-18-16/h13-18H,3-12H2,1-2H3/t13?,14?,15-,16+/m1/s1.